The summed E-state index contributed by atoms with van der Waals surface area (Å²) in [5.41, 5.74) is 0.706. The number of amides is 2. The maximum Gasteiger partial charge on any atom is 0.321 e. The molecular formula is C21H26N6O3. The Kier molecular flexibility index (Phi) is 5.17. The monoisotopic (exact) mass is 410 g/mol. The van der Waals surface area contributed by atoms with E-state index in [2.05, 4.69) is 20.1 Å². The van der Waals surface area contributed by atoms with Crippen molar-refractivity contribution in [2.24, 2.45) is 0 Å². The van der Waals surface area contributed by atoms with Crippen LogP contribution in [0.2, 0.25) is 0 Å². The van der Waals surface area contributed by atoms with Crippen molar-refractivity contribution < 1.29 is 14.3 Å². The third kappa shape index (κ3) is 3.92. The molecular weight excluding hydrogens is 384 g/mol. The predicted molar refractivity (Wildman–Crippen MR) is 114 cm³/mol. The molecule has 2 aromatic rings. The predicted octanol–water partition coefficient (Wildman–Crippen LogP) is 2.20. The number of carbonyl (C=O) groups is 1. The van der Waals surface area contributed by atoms with Crippen LogP contribution >= 0.6 is 0 Å². The molecule has 0 unspecified atom stereocenters. The summed E-state index contributed by atoms with van der Waals surface area (Å²) in [5, 5.41) is 2.96. The fourth-order valence-corrected chi connectivity index (χ4v) is 4.05. The highest BCUT2D eigenvalue weighted by Crippen LogP contribution is 2.32. The summed E-state index contributed by atoms with van der Waals surface area (Å²) >= 11 is 0. The Labute approximate surface area is 175 Å². The molecule has 3 aliphatic heterocycles. The lowest BCUT2D eigenvalue weighted by Gasteiger charge is -2.35. The average Bonchev–Trinajstić information content (AvgIpc) is 3.34. The number of aromatic nitrogens is 2. The second kappa shape index (κ2) is 8.25. The van der Waals surface area contributed by atoms with Crippen molar-refractivity contribution in [2.45, 2.75) is 12.8 Å². The number of fused-ring (bicyclic) bond motifs is 1. The molecule has 0 spiro atoms. The first-order chi connectivity index (χ1) is 14.8. The van der Waals surface area contributed by atoms with Crippen LogP contribution in [0.25, 0.3) is 0 Å². The van der Waals surface area contributed by atoms with Crippen molar-refractivity contribution in [1.29, 1.82) is 0 Å². The fourth-order valence-electron chi connectivity index (χ4n) is 4.05. The molecule has 5 rings (SSSR count). The van der Waals surface area contributed by atoms with Crippen molar-refractivity contribution in [3.05, 3.63) is 30.5 Å². The maximum atomic E-state index is 12.7. The van der Waals surface area contributed by atoms with Crippen molar-refractivity contribution >= 4 is 23.5 Å². The Balaban J connectivity index is 1.18. The first kappa shape index (κ1) is 18.8. The summed E-state index contributed by atoms with van der Waals surface area (Å²) in [4.78, 5) is 28.2. The van der Waals surface area contributed by atoms with Gasteiger partial charge in [0.15, 0.2) is 11.5 Å². The van der Waals surface area contributed by atoms with Crippen LogP contribution in [0.4, 0.5) is 22.2 Å². The molecule has 9 heteroatoms. The minimum Gasteiger partial charge on any atom is -0.486 e. The quantitative estimate of drug-likeness (QED) is 0.831. The number of hydrogen-bond donors (Lipinski definition) is 1. The Bertz CT molecular complexity index is 909. The van der Waals surface area contributed by atoms with Crippen LogP contribution in [0.1, 0.15) is 12.8 Å². The molecule has 3 aliphatic rings. The highest BCUT2D eigenvalue weighted by molar-refractivity contribution is 5.90. The average molecular weight is 410 g/mol. The van der Waals surface area contributed by atoms with Gasteiger partial charge < -0.3 is 29.5 Å². The summed E-state index contributed by atoms with van der Waals surface area (Å²) in [7, 11) is 0. The SMILES string of the molecule is O=C(Nc1ccc2c(c1)OCCO2)N1CCN(c2ccnc(N3CCCC3)n2)CC1. The molecule has 1 aromatic heterocycles. The summed E-state index contributed by atoms with van der Waals surface area (Å²) in [6.07, 6.45) is 4.23. The van der Waals surface area contributed by atoms with Crippen molar-refractivity contribution in [3.63, 3.8) is 0 Å². The number of ether oxygens (including phenoxy) is 2. The lowest BCUT2D eigenvalue weighted by Crippen LogP contribution is -2.50. The van der Waals surface area contributed by atoms with E-state index in [0.717, 1.165) is 37.9 Å². The smallest absolute Gasteiger partial charge is 0.321 e. The van der Waals surface area contributed by atoms with E-state index in [9.17, 15) is 4.79 Å². The van der Waals surface area contributed by atoms with Crippen LogP contribution in [0.15, 0.2) is 30.5 Å². The highest BCUT2D eigenvalue weighted by Gasteiger charge is 2.24. The van der Waals surface area contributed by atoms with E-state index >= 15 is 0 Å². The van der Waals surface area contributed by atoms with Crippen LogP contribution in [0, 0.1) is 0 Å². The van der Waals surface area contributed by atoms with Gasteiger partial charge in [0.1, 0.15) is 19.0 Å². The fraction of sp³-hybridized carbons (Fsp3) is 0.476. The van der Waals surface area contributed by atoms with Crippen LogP contribution in [0.3, 0.4) is 0 Å². The Morgan fingerprint density at radius 2 is 1.67 bits per heavy atom. The van der Waals surface area contributed by atoms with E-state index < -0.39 is 0 Å². The maximum absolute atomic E-state index is 12.7. The number of anilines is 3. The number of hydrogen-bond acceptors (Lipinski definition) is 7. The standard InChI is InChI=1S/C21H26N6O3/c28-21(23-16-3-4-17-18(15-16)30-14-13-29-17)27-11-9-25(10-12-27)19-5-6-22-20(24-19)26-7-1-2-8-26/h3-6,15H,1-2,7-14H2,(H,23,28). The van der Waals surface area contributed by atoms with Crippen molar-refractivity contribution in [1.82, 2.24) is 14.9 Å². The minimum absolute atomic E-state index is 0.105. The van der Waals surface area contributed by atoms with E-state index in [0.29, 0.717) is 43.5 Å². The van der Waals surface area contributed by atoms with E-state index in [-0.39, 0.29) is 6.03 Å². The topological polar surface area (TPSA) is 83.1 Å². The molecule has 158 valence electrons. The second-order valence-electron chi connectivity index (χ2n) is 7.67. The zero-order valence-corrected chi connectivity index (χ0v) is 16.9. The van der Waals surface area contributed by atoms with Crippen LogP contribution < -0.4 is 24.6 Å². The van der Waals surface area contributed by atoms with Crippen molar-refractivity contribution in [3.8, 4) is 11.5 Å². The summed E-state index contributed by atoms with van der Waals surface area (Å²) < 4.78 is 11.1. The minimum atomic E-state index is -0.105. The molecule has 4 heterocycles. The van der Waals surface area contributed by atoms with Crippen LogP contribution in [-0.2, 0) is 0 Å². The molecule has 9 nitrogen and oxygen atoms in total. The van der Waals surface area contributed by atoms with Gasteiger partial charge in [0.2, 0.25) is 5.95 Å². The van der Waals surface area contributed by atoms with Gasteiger partial charge in [0.05, 0.1) is 0 Å². The number of benzene rings is 1. The molecule has 0 saturated carbocycles. The molecule has 0 atom stereocenters. The molecule has 0 aliphatic carbocycles. The van der Waals surface area contributed by atoms with Crippen LogP contribution in [0.5, 0.6) is 11.5 Å². The first-order valence-electron chi connectivity index (χ1n) is 10.5. The van der Waals surface area contributed by atoms with E-state index in [4.69, 9.17) is 14.5 Å². The molecule has 30 heavy (non-hydrogen) atoms. The van der Waals surface area contributed by atoms with Crippen LogP contribution in [-0.4, -0.2) is 73.4 Å². The number of nitrogens with one attached hydrogen (secondary N) is 1. The van der Waals surface area contributed by atoms with E-state index in [1.807, 2.05) is 35.4 Å². The van der Waals surface area contributed by atoms with Gasteiger partial charge in [0, 0.05) is 57.2 Å². The normalized spacial score (nSPS) is 18.5. The first-order valence-corrected chi connectivity index (χ1v) is 10.5. The zero-order valence-electron chi connectivity index (χ0n) is 16.9. The Morgan fingerprint density at radius 1 is 0.900 bits per heavy atom. The van der Waals surface area contributed by atoms with E-state index in [1.165, 1.54) is 12.8 Å². The highest BCUT2D eigenvalue weighted by atomic mass is 16.6. The Hall–Kier alpha value is -3.23. The van der Waals surface area contributed by atoms with Crippen molar-refractivity contribution in [2.75, 3.05) is 67.6 Å². The number of piperazine rings is 1. The number of carbonyl (C=O) groups excluding carboxylic acids is 1. The van der Waals surface area contributed by atoms with Gasteiger partial charge in [-0.1, -0.05) is 0 Å². The second-order valence-corrected chi connectivity index (χ2v) is 7.67. The molecule has 2 fully saturated rings. The van der Waals surface area contributed by atoms with Gasteiger partial charge in [-0.15, -0.1) is 0 Å². The molecule has 2 amide bonds. The van der Waals surface area contributed by atoms with Gasteiger partial charge in [-0.05, 0) is 31.0 Å². The zero-order chi connectivity index (χ0) is 20.3. The Morgan fingerprint density at radius 3 is 2.47 bits per heavy atom. The summed E-state index contributed by atoms with van der Waals surface area (Å²) in [6, 6.07) is 7.32. The van der Waals surface area contributed by atoms with Gasteiger partial charge in [-0.25, -0.2) is 9.78 Å². The largest absolute Gasteiger partial charge is 0.486 e. The van der Waals surface area contributed by atoms with Gasteiger partial charge in [0.25, 0.3) is 0 Å². The molecule has 1 aromatic carbocycles. The lowest BCUT2D eigenvalue weighted by molar-refractivity contribution is 0.171. The molecule has 1 N–H and O–H groups in total. The van der Waals surface area contributed by atoms with Gasteiger partial charge in [-0.2, -0.15) is 4.98 Å². The number of urea groups is 1. The third-order valence-electron chi connectivity index (χ3n) is 5.70. The molecule has 0 radical (unpaired) electrons. The third-order valence-corrected chi connectivity index (χ3v) is 5.70. The number of rotatable bonds is 3. The lowest BCUT2D eigenvalue weighted by atomic mass is 10.2. The summed E-state index contributed by atoms with van der Waals surface area (Å²) in [5.74, 6) is 3.12. The van der Waals surface area contributed by atoms with Gasteiger partial charge >= 0.3 is 6.03 Å². The van der Waals surface area contributed by atoms with Gasteiger partial charge in [-0.3, -0.25) is 0 Å². The molecule has 0 bridgehead atoms. The number of nitrogens with zero attached hydrogens (tertiary/aromatic N) is 5. The molecule has 2 saturated heterocycles. The van der Waals surface area contributed by atoms with E-state index in [1.54, 1.807) is 0 Å². The summed E-state index contributed by atoms with van der Waals surface area (Å²) in [6.45, 7) is 5.88.